The molecule has 1 heterocycles. The second-order valence-electron chi connectivity index (χ2n) is 4.73. The number of carbonyl (C=O) groups is 1. The van der Waals surface area contributed by atoms with Crippen LogP contribution >= 0.6 is 11.8 Å². The van der Waals surface area contributed by atoms with Crippen molar-refractivity contribution < 1.29 is 19.0 Å². The van der Waals surface area contributed by atoms with Gasteiger partial charge in [0, 0.05) is 0 Å². The highest BCUT2D eigenvalue weighted by atomic mass is 32.2. The zero-order chi connectivity index (χ0) is 14.5. The molecule has 0 saturated carbocycles. The van der Waals surface area contributed by atoms with Gasteiger partial charge in [0.1, 0.15) is 23.8 Å². The van der Waals surface area contributed by atoms with Gasteiger partial charge in [-0.3, -0.25) is 4.79 Å². The topological polar surface area (TPSA) is 49.8 Å². The van der Waals surface area contributed by atoms with Crippen molar-refractivity contribution in [3.8, 4) is 5.75 Å². The molecule has 110 valence electrons. The van der Waals surface area contributed by atoms with Gasteiger partial charge in [0.05, 0.1) is 13.1 Å². The minimum atomic E-state index is -0.922. The van der Waals surface area contributed by atoms with Crippen LogP contribution in [-0.4, -0.2) is 53.2 Å². The summed E-state index contributed by atoms with van der Waals surface area (Å²) < 4.78 is 18.3. The maximum atomic E-state index is 12.7. The number of aliphatic hydroxyl groups excluding tert-OH is 1. The highest BCUT2D eigenvalue weighted by Crippen LogP contribution is 2.19. The number of aliphatic hydroxyl groups is 1. The van der Waals surface area contributed by atoms with Gasteiger partial charge in [-0.1, -0.05) is 0 Å². The summed E-state index contributed by atoms with van der Waals surface area (Å²) in [6, 6.07) is 5.80. The van der Waals surface area contributed by atoms with E-state index in [2.05, 4.69) is 0 Å². The molecule has 1 aliphatic heterocycles. The number of rotatable bonds is 6. The van der Waals surface area contributed by atoms with Gasteiger partial charge in [0.15, 0.2) is 0 Å². The van der Waals surface area contributed by atoms with Crippen molar-refractivity contribution in [1.29, 1.82) is 0 Å². The van der Waals surface area contributed by atoms with E-state index < -0.39 is 6.10 Å². The Morgan fingerprint density at radius 1 is 1.50 bits per heavy atom. The summed E-state index contributed by atoms with van der Waals surface area (Å²) in [6.07, 6.45) is 1.40. The number of hydrogen-bond acceptors (Lipinski definition) is 4. The van der Waals surface area contributed by atoms with Gasteiger partial charge in [-0.05, 0) is 42.7 Å². The van der Waals surface area contributed by atoms with E-state index in [1.165, 1.54) is 12.1 Å². The lowest BCUT2D eigenvalue weighted by Gasteiger charge is -2.39. The summed E-state index contributed by atoms with van der Waals surface area (Å²) in [4.78, 5) is 13.4. The molecular formula is C14H18FNO3S. The van der Waals surface area contributed by atoms with Crippen LogP contribution in [0.15, 0.2) is 24.3 Å². The summed E-state index contributed by atoms with van der Waals surface area (Å²) in [6.45, 7) is 0.930. The number of benzene rings is 1. The lowest BCUT2D eigenvalue weighted by Crippen LogP contribution is -2.58. The highest BCUT2D eigenvalue weighted by molar-refractivity contribution is 7.98. The summed E-state index contributed by atoms with van der Waals surface area (Å²) in [5, 5.41) is 9.70. The summed E-state index contributed by atoms with van der Waals surface area (Å²) in [5.41, 5.74) is 0. The number of halogens is 1. The van der Waals surface area contributed by atoms with Gasteiger partial charge in [0.2, 0.25) is 0 Å². The Bertz CT molecular complexity index is 448. The zero-order valence-electron chi connectivity index (χ0n) is 11.3. The summed E-state index contributed by atoms with van der Waals surface area (Å²) >= 11 is 1.60. The van der Waals surface area contributed by atoms with E-state index in [1.54, 1.807) is 28.8 Å². The van der Waals surface area contributed by atoms with Gasteiger partial charge in [0.25, 0.3) is 5.91 Å². The molecule has 1 aromatic rings. The fraction of sp³-hybridized carbons (Fsp3) is 0.500. The van der Waals surface area contributed by atoms with Crippen LogP contribution < -0.4 is 4.74 Å². The van der Waals surface area contributed by atoms with Gasteiger partial charge < -0.3 is 14.7 Å². The quantitative estimate of drug-likeness (QED) is 0.865. The molecule has 6 heteroatoms. The van der Waals surface area contributed by atoms with Gasteiger partial charge in [-0.25, -0.2) is 4.39 Å². The third-order valence-electron chi connectivity index (χ3n) is 3.16. The Labute approximate surface area is 121 Å². The largest absolute Gasteiger partial charge is 0.487 e. The maximum absolute atomic E-state index is 12.7. The molecular weight excluding hydrogens is 281 g/mol. The first-order chi connectivity index (χ1) is 9.60. The second kappa shape index (κ2) is 6.95. The number of carbonyl (C=O) groups excluding carboxylic acids is 1. The van der Waals surface area contributed by atoms with Crippen LogP contribution in [0.1, 0.15) is 6.42 Å². The molecule has 0 bridgehead atoms. The van der Waals surface area contributed by atoms with E-state index in [9.17, 15) is 14.3 Å². The van der Waals surface area contributed by atoms with Crippen LogP contribution in [-0.2, 0) is 4.79 Å². The van der Waals surface area contributed by atoms with Crippen LogP contribution in [0.2, 0.25) is 0 Å². The third kappa shape index (κ3) is 3.86. The molecule has 4 nitrogen and oxygen atoms in total. The second-order valence-corrected chi connectivity index (χ2v) is 5.72. The number of nitrogens with zero attached hydrogens (tertiary/aromatic N) is 1. The Hall–Kier alpha value is -1.27. The third-order valence-corrected chi connectivity index (χ3v) is 3.80. The number of thioether (sulfide) groups is 1. The molecule has 0 aromatic heterocycles. The fourth-order valence-electron chi connectivity index (χ4n) is 1.96. The van der Waals surface area contributed by atoms with Crippen LogP contribution in [0.25, 0.3) is 0 Å². The molecule has 1 atom stereocenters. The number of ether oxygens (including phenoxy) is 1. The minimum Gasteiger partial charge on any atom is -0.487 e. The molecule has 1 aromatic carbocycles. The fourth-order valence-corrected chi connectivity index (χ4v) is 2.42. The summed E-state index contributed by atoms with van der Waals surface area (Å²) in [7, 11) is 0. The standard InChI is InChI=1S/C14H18FNO3S/c1-20-7-6-13(17)14(18)16-8-12(9-16)19-11-4-2-10(15)3-5-11/h2-5,12-13,17H,6-9H2,1H3/t13-/m0/s1. The smallest absolute Gasteiger partial charge is 0.251 e. The average molecular weight is 299 g/mol. The molecule has 1 fully saturated rings. The maximum Gasteiger partial charge on any atom is 0.251 e. The first-order valence-corrected chi connectivity index (χ1v) is 7.87. The van der Waals surface area contributed by atoms with E-state index in [0.717, 1.165) is 5.75 Å². The number of likely N-dealkylation sites (tertiary alicyclic amines) is 1. The molecule has 1 saturated heterocycles. The molecule has 1 aliphatic rings. The molecule has 2 rings (SSSR count). The van der Waals surface area contributed by atoms with Crippen LogP contribution in [0.3, 0.4) is 0 Å². The molecule has 1 N–H and O–H groups in total. The normalized spacial score (nSPS) is 16.6. The van der Waals surface area contributed by atoms with Crippen LogP contribution in [0, 0.1) is 5.82 Å². The molecule has 0 aliphatic carbocycles. The highest BCUT2D eigenvalue weighted by Gasteiger charge is 2.34. The van der Waals surface area contributed by atoms with E-state index in [1.807, 2.05) is 6.26 Å². The van der Waals surface area contributed by atoms with Crippen LogP contribution in [0.5, 0.6) is 5.75 Å². The molecule has 1 amide bonds. The van der Waals surface area contributed by atoms with Gasteiger partial charge >= 0.3 is 0 Å². The number of amides is 1. The van der Waals surface area contributed by atoms with Crippen molar-refractivity contribution in [3.63, 3.8) is 0 Å². The first kappa shape index (κ1) is 15.1. The van der Waals surface area contributed by atoms with Crippen molar-refractivity contribution >= 4 is 17.7 Å². The Kier molecular flexibility index (Phi) is 5.25. The monoisotopic (exact) mass is 299 g/mol. The van der Waals surface area contributed by atoms with Crippen molar-refractivity contribution in [2.75, 3.05) is 25.1 Å². The van der Waals surface area contributed by atoms with E-state index >= 15 is 0 Å². The molecule has 20 heavy (non-hydrogen) atoms. The Morgan fingerprint density at radius 2 is 2.15 bits per heavy atom. The van der Waals surface area contributed by atoms with E-state index in [4.69, 9.17) is 4.74 Å². The zero-order valence-corrected chi connectivity index (χ0v) is 12.1. The lowest BCUT2D eigenvalue weighted by atomic mass is 10.1. The summed E-state index contributed by atoms with van der Waals surface area (Å²) in [5.74, 6) is 0.806. The predicted molar refractivity (Wildman–Crippen MR) is 76.4 cm³/mol. The van der Waals surface area contributed by atoms with E-state index in [0.29, 0.717) is 25.3 Å². The van der Waals surface area contributed by atoms with Crippen molar-refractivity contribution in [2.24, 2.45) is 0 Å². The molecule has 0 unspecified atom stereocenters. The van der Waals surface area contributed by atoms with Crippen molar-refractivity contribution in [2.45, 2.75) is 18.6 Å². The lowest BCUT2D eigenvalue weighted by molar-refractivity contribution is -0.149. The van der Waals surface area contributed by atoms with Gasteiger partial charge in [-0.2, -0.15) is 11.8 Å². The molecule has 0 spiro atoms. The van der Waals surface area contributed by atoms with Crippen molar-refractivity contribution in [3.05, 3.63) is 30.1 Å². The molecule has 0 radical (unpaired) electrons. The SMILES string of the molecule is CSCC[C@H](O)C(=O)N1CC(Oc2ccc(F)cc2)C1. The minimum absolute atomic E-state index is 0.0860. The Morgan fingerprint density at radius 3 is 2.75 bits per heavy atom. The van der Waals surface area contributed by atoms with Gasteiger partial charge in [-0.15, -0.1) is 0 Å². The number of hydrogen-bond donors (Lipinski definition) is 1. The predicted octanol–water partition coefficient (Wildman–Crippen LogP) is 1.53. The van der Waals surface area contributed by atoms with Crippen molar-refractivity contribution in [1.82, 2.24) is 4.90 Å². The first-order valence-electron chi connectivity index (χ1n) is 6.48. The average Bonchev–Trinajstić information content (AvgIpc) is 2.41. The van der Waals surface area contributed by atoms with E-state index in [-0.39, 0.29) is 17.8 Å². The van der Waals surface area contributed by atoms with Crippen LogP contribution in [0.4, 0.5) is 4.39 Å². The Balaban J connectivity index is 1.74.